The van der Waals surface area contributed by atoms with Crippen LogP contribution >= 0.6 is 0 Å². The fourth-order valence-corrected chi connectivity index (χ4v) is 3.79. The van der Waals surface area contributed by atoms with E-state index < -0.39 is 0 Å². The number of hydrogen-bond donors (Lipinski definition) is 2. The summed E-state index contributed by atoms with van der Waals surface area (Å²) in [6.45, 7) is 9.35. The smallest absolute Gasteiger partial charge is 0.317 e. The Hall–Kier alpha value is -0.810. The Kier molecular flexibility index (Phi) is 6.50. The minimum Gasteiger partial charge on any atom is -0.393 e. The van der Waals surface area contributed by atoms with Gasteiger partial charge in [-0.25, -0.2) is 4.79 Å². The van der Waals surface area contributed by atoms with Gasteiger partial charge in [0.1, 0.15) is 0 Å². The number of carbonyl (C=O) groups excluding carboxylic acids is 1. The Morgan fingerprint density at radius 2 is 2.14 bits per heavy atom. The molecule has 0 radical (unpaired) electrons. The molecule has 0 aromatic rings. The second-order valence-electron chi connectivity index (χ2n) is 7.63. The summed E-state index contributed by atoms with van der Waals surface area (Å²) in [5.74, 6) is 1.54. The number of aliphatic hydroxyl groups excluding tert-OH is 1. The van der Waals surface area contributed by atoms with Crippen LogP contribution in [-0.4, -0.2) is 66.8 Å². The highest BCUT2D eigenvalue weighted by Gasteiger charge is 2.28. The van der Waals surface area contributed by atoms with Crippen molar-refractivity contribution in [2.24, 2.45) is 17.8 Å². The van der Waals surface area contributed by atoms with Gasteiger partial charge in [-0.1, -0.05) is 20.3 Å². The highest BCUT2D eigenvalue weighted by Crippen LogP contribution is 2.26. The van der Waals surface area contributed by atoms with Crippen molar-refractivity contribution in [2.75, 3.05) is 39.8 Å². The van der Waals surface area contributed by atoms with Gasteiger partial charge < -0.3 is 20.2 Å². The van der Waals surface area contributed by atoms with Crippen LogP contribution in [0.25, 0.3) is 0 Å². The van der Waals surface area contributed by atoms with Gasteiger partial charge in [-0.2, -0.15) is 0 Å². The summed E-state index contributed by atoms with van der Waals surface area (Å²) in [6, 6.07) is 0.00131. The molecule has 2 N–H and O–H groups in total. The molecule has 0 aromatic carbocycles. The van der Waals surface area contributed by atoms with E-state index in [4.69, 9.17) is 0 Å². The Bertz CT molecular complexity index is 362. The van der Waals surface area contributed by atoms with Crippen molar-refractivity contribution >= 4 is 6.03 Å². The van der Waals surface area contributed by atoms with Crippen molar-refractivity contribution in [3.05, 3.63) is 0 Å². The second-order valence-corrected chi connectivity index (χ2v) is 7.63. The maximum atomic E-state index is 12.2. The number of aliphatic hydroxyl groups is 1. The van der Waals surface area contributed by atoms with E-state index in [2.05, 4.69) is 24.1 Å². The summed E-state index contributed by atoms with van der Waals surface area (Å²) < 4.78 is 0. The van der Waals surface area contributed by atoms with Crippen molar-refractivity contribution in [2.45, 2.75) is 45.6 Å². The number of likely N-dealkylation sites (tertiary alicyclic amines) is 1. The van der Waals surface area contributed by atoms with E-state index in [9.17, 15) is 9.90 Å². The van der Waals surface area contributed by atoms with Gasteiger partial charge in [0.05, 0.1) is 6.10 Å². The van der Waals surface area contributed by atoms with Gasteiger partial charge in [-0.3, -0.25) is 0 Å². The van der Waals surface area contributed by atoms with Crippen molar-refractivity contribution in [3.8, 4) is 0 Å². The maximum absolute atomic E-state index is 12.2. The van der Waals surface area contributed by atoms with E-state index in [0.29, 0.717) is 18.4 Å². The zero-order valence-corrected chi connectivity index (χ0v) is 14.4. The molecule has 5 nitrogen and oxygen atoms in total. The molecule has 0 spiro atoms. The minimum atomic E-state index is -0.227. The average Bonchev–Trinajstić information content (AvgIpc) is 3.05. The molecule has 1 aliphatic carbocycles. The molecule has 1 aliphatic heterocycles. The molecular weight excluding hydrogens is 278 g/mol. The number of carbonyl (C=O) groups is 1. The minimum absolute atomic E-state index is 0.00131. The van der Waals surface area contributed by atoms with Crippen LogP contribution in [0, 0.1) is 17.8 Å². The molecule has 128 valence electrons. The lowest BCUT2D eigenvalue weighted by atomic mass is 10.1. The number of amides is 2. The summed E-state index contributed by atoms with van der Waals surface area (Å²) in [6.07, 6.45) is 3.95. The average molecular weight is 311 g/mol. The van der Waals surface area contributed by atoms with Gasteiger partial charge >= 0.3 is 6.03 Å². The van der Waals surface area contributed by atoms with E-state index in [1.54, 1.807) is 4.90 Å². The van der Waals surface area contributed by atoms with E-state index in [-0.39, 0.29) is 18.1 Å². The Morgan fingerprint density at radius 3 is 2.77 bits per heavy atom. The summed E-state index contributed by atoms with van der Waals surface area (Å²) in [5, 5.41) is 12.9. The zero-order valence-electron chi connectivity index (χ0n) is 14.4. The van der Waals surface area contributed by atoms with Crippen molar-refractivity contribution < 1.29 is 9.90 Å². The monoisotopic (exact) mass is 311 g/mol. The molecule has 1 saturated heterocycles. The van der Waals surface area contributed by atoms with Crippen molar-refractivity contribution in [3.63, 3.8) is 0 Å². The van der Waals surface area contributed by atoms with Crippen LogP contribution in [0.3, 0.4) is 0 Å². The Morgan fingerprint density at radius 1 is 1.36 bits per heavy atom. The number of nitrogens with zero attached hydrogens (tertiary/aromatic N) is 2. The summed E-state index contributed by atoms with van der Waals surface area (Å²) in [4.78, 5) is 16.4. The molecule has 2 aliphatic rings. The number of rotatable bonds is 6. The normalized spacial score (nSPS) is 29.2. The SMILES string of the molecule is CC(C)CN1CCC(CNC(=O)N(C)CC2CCCC2O)C1. The molecule has 2 amide bonds. The van der Waals surface area contributed by atoms with Crippen molar-refractivity contribution in [1.29, 1.82) is 0 Å². The Balaban J connectivity index is 1.65. The number of hydrogen-bond acceptors (Lipinski definition) is 3. The lowest BCUT2D eigenvalue weighted by Gasteiger charge is -2.24. The topological polar surface area (TPSA) is 55.8 Å². The molecule has 0 aromatic heterocycles. The summed E-state index contributed by atoms with van der Waals surface area (Å²) >= 11 is 0. The largest absolute Gasteiger partial charge is 0.393 e. The molecule has 1 saturated carbocycles. The van der Waals surface area contributed by atoms with Gasteiger partial charge in [-0.05, 0) is 37.6 Å². The van der Waals surface area contributed by atoms with Gasteiger partial charge in [-0.15, -0.1) is 0 Å². The quantitative estimate of drug-likeness (QED) is 0.786. The van der Waals surface area contributed by atoms with Crippen molar-refractivity contribution in [1.82, 2.24) is 15.1 Å². The van der Waals surface area contributed by atoms with E-state index >= 15 is 0 Å². The molecule has 3 atom stereocenters. The van der Waals surface area contributed by atoms with Gasteiger partial charge in [0.25, 0.3) is 0 Å². The van der Waals surface area contributed by atoms with Crippen LogP contribution in [0.15, 0.2) is 0 Å². The van der Waals surface area contributed by atoms with Gasteiger partial charge in [0.2, 0.25) is 0 Å². The molecule has 22 heavy (non-hydrogen) atoms. The Labute approximate surface area is 135 Å². The molecule has 0 bridgehead atoms. The molecule has 1 heterocycles. The van der Waals surface area contributed by atoms with Crippen LogP contribution in [0.1, 0.15) is 39.5 Å². The third-order valence-corrected chi connectivity index (χ3v) is 5.01. The molecule has 2 rings (SSSR count). The predicted octanol–water partition coefficient (Wildman–Crippen LogP) is 1.77. The van der Waals surface area contributed by atoms with Crippen LogP contribution in [-0.2, 0) is 0 Å². The lowest BCUT2D eigenvalue weighted by molar-refractivity contribution is 0.113. The van der Waals surface area contributed by atoms with Gasteiger partial charge in [0.15, 0.2) is 0 Å². The maximum Gasteiger partial charge on any atom is 0.317 e. The lowest BCUT2D eigenvalue weighted by Crippen LogP contribution is -2.43. The molecular formula is C17H33N3O2. The van der Waals surface area contributed by atoms with Crippen LogP contribution in [0.5, 0.6) is 0 Å². The standard InChI is InChI=1S/C17H33N3O2/c1-13(2)10-20-8-7-14(11-20)9-18-17(22)19(3)12-15-5-4-6-16(15)21/h13-16,21H,4-12H2,1-3H3,(H,18,22). The first-order valence-electron chi connectivity index (χ1n) is 8.85. The number of nitrogens with one attached hydrogen (secondary N) is 1. The first kappa shape index (κ1) is 17.5. The van der Waals surface area contributed by atoms with Crippen LogP contribution < -0.4 is 5.32 Å². The second kappa shape index (κ2) is 8.16. The fraction of sp³-hybridized carbons (Fsp3) is 0.941. The van der Waals surface area contributed by atoms with Gasteiger partial charge in [0, 0.05) is 39.1 Å². The number of urea groups is 1. The fourth-order valence-electron chi connectivity index (χ4n) is 3.79. The predicted molar refractivity (Wildman–Crippen MR) is 88.8 cm³/mol. The molecule has 2 fully saturated rings. The molecule has 3 unspecified atom stereocenters. The highest BCUT2D eigenvalue weighted by molar-refractivity contribution is 5.73. The highest BCUT2D eigenvalue weighted by atomic mass is 16.3. The van der Waals surface area contributed by atoms with Crippen LogP contribution in [0.2, 0.25) is 0 Å². The summed E-state index contributed by atoms with van der Waals surface area (Å²) in [5.41, 5.74) is 0. The summed E-state index contributed by atoms with van der Waals surface area (Å²) in [7, 11) is 1.83. The first-order valence-corrected chi connectivity index (χ1v) is 8.85. The van der Waals surface area contributed by atoms with E-state index in [1.165, 1.54) is 6.42 Å². The zero-order chi connectivity index (χ0) is 16.1. The first-order chi connectivity index (χ1) is 10.5. The van der Waals surface area contributed by atoms with E-state index in [0.717, 1.165) is 45.4 Å². The van der Waals surface area contributed by atoms with Crippen LogP contribution in [0.4, 0.5) is 4.79 Å². The third kappa shape index (κ3) is 5.13. The third-order valence-electron chi connectivity index (χ3n) is 5.01. The molecule has 5 heteroatoms. The van der Waals surface area contributed by atoms with E-state index in [1.807, 2.05) is 7.05 Å².